The molecule has 1 aromatic carbocycles. The summed E-state index contributed by atoms with van der Waals surface area (Å²) in [6.45, 7) is 5.82. The monoisotopic (exact) mass is 329 g/mol. The number of nitrogens with zero attached hydrogens (tertiary/aromatic N) is 4. The number of nitro groups is 1. The molecular formula is C16H19N5O3. The zero-order valence-corrected chi connectivity index (χ0v) is 13.5. The van der Waals surface area contributed by atoms with E-state index in [1.54, 1.807) is 12.1 Å². The zero-order chi connectivity index (χ0) is 17.5. The van der Waals surface area contributed by atoms with Crippen LogP contribution in [0.25, 0.3) is 0 Å². The van der Waals surface area contributed by atoms with Gasteiger partial charge in [0, 0.05) is 36.5 Å². The Bertz CT molecular complexity index is 727. The van der Waals surface area contributed by atoms with E-state index in [2.05, 4.69) is 34.3 Å². The van der Waals surface area contributed by atoms with E-state index in [0.29, 0.717) is 11.4 Å². The van der Waals surface area contributed by atoms with Crippen molar-refractivity contribution in [2.24, 2.45) is 5.10 Å². The van der Waals surface area contributed by atoms with Gasteiger partial charge in [-0.15, -0.1) is 0 Å². The van der Waals surface area contributed by atoms with Crippen LogP contribution in [0.1, 0.15) is 19.4 Å². The van der Waals surface area contributed by atoms with Crippen molar-refractivity contribution in [3.05, 3.63) is 52.2 Å². The van der Waals surface area contributed by atoms with Crippen molar-refractivity contribution in [2.75, 3.05) is 23.4 Å². The lowest BCUT2D eigenvalue weighted by atomic mass is 10.2. The average molecular weight is 329 g/mol. The fourth-order valence-electron chi connectivity index (χ4n) is 2.15. The van der Waals surface area contributed by atoms with E-state index in [0.717, 1.165) is 25.0 Å². The number of nitrogens with one attached hydrogen (secondary N) is 1. The first kappa shape index (κ1) is 17.2. The molecule has 126 valence electrons. The van der Waals surface area contributed by atoms with E-state index in [1.165, 1.54) is 18.3 Å². The summed E-state index contributed by atoms with van der Waals surface area (Å²) in [6, 6.07) is 8.17. The van der Waals surface area contributed by atoms with Gasteiger partial charge < -0.3 is 10.0 Å². The second kappa shape index (κ2) is 7.91. The Hall–Kier alpha value is -3.16. The summed E-state index contributed by atoms with van der Waals surface area (Å²) in [4.78, 5) is 16.0. The van der Waals surface area contributed by atoms with Crippen LogP contribution in [0.2, 0.25) is 0 Å². The molecule has 2 aromatic rings. The van der Waals surface area contributed by atoms with Gasteiger partial charge in [0.2, 0.25) is 0 Å². The Morgan fingerprint density at radius 2 is 2.08 bits per heavy atom. The van der Waals surface area contributed by atoms with Gasteiger partial charge in [0.25, 0.3) is 5.69 Å². The van der Waals surface area contributed by atoms with Crippen LogP contribution in [0.15, 0.2) is 41.6 Å². The molecule has 0 aliphatic rings. The number of anilines is 2. The van der Waals surface area contributed by atoms with E-state index in [9.17, 15) is 15.2 Å². The van der Waals surface area contributed by atoms with Crippen molar-refractivity contribution < 1.29 is 10.0 Å². The third-order valence-corrected chi connectivity index (χ3v) is 3.48. The number of pyridine rings is 1. The first-order valence-corrected chi connectivity index (χ1v) is 7.52. The van der Waals surface area contributed by atoms with Crippen LogP contribution < -0.4 is 10.3 Å². The minimum absolute atomic E-state index is 0.0887. The molecule has 0 aliphatic carbocycles. The summed E-state index contributed by atoms with van der Waals surface area (Å²) in [7, 11) is 0. The van der Waals surface area contributed by atoms with E-state index in [-0.39, 0.29) is 11.4 Å². The molecule has 2 N–H and O–H groups in total. The van der Waals surface area contributed by atoms with Crippen molar-refractivity contribution in [3.63, 3.8) is 0 Å². The number of rotatable bonds is 7. The molecule has 0 bridgehead atoms. The third-order valence-electron chi connectivity index (χ3n) is 3.48. The van der Waals surface area contributed by atoms with Crippen molar-refractivity contribution in [3.8, 4) is 5.75 Å². The Labute approximate surface area is 139 Å². The van der Waals surface area contributed by atoms with Gasteiger partial charge in [-0.3, -0.25) is 15.5 Å². The Morgan fingerprint density at radius 3 is 2.62 bits per heavy atom. The van der Waals surface area contributed by atoms with E-state index < -0.39 is 4.92 Å². The molecule has 1 aromatic heterocycles. The summed E-state index contributed by atoms with van der Waals surface area (Å²) >= 11 is 0. The summed E-state index contributed by atoms with van der Waals surface area (Å²) < 4.78 is 0. The summed E-state index contributed by atoms with van der Waals surface area (Å²) in [5.74, 6) is 0.498. The smallest absolute Gasteiger partial charge is 0.287 e. The highest BCUT2D eigenvalue weighted by Gasteiger charge is 2.06. The maximum absolute atomic E-state index is 10.6. The van der Waals surface area contributed by atoms with Crippen molar-refractivity contribution in [1.29, 1.82) is 0 Å². The van der Waals surface area contributed by atoms with Crippen molar-refractivity contribution in [2.45, 2.75) is 13.8 Å². The molecule has 0 radical (unpaired) electrons. The molecule has 0 unspecified atom stereocenters. The van der Waals surface area contributed by atoms with Gasteiger partial charge >= 0.3 is 0 Å². The average Bonchev–Trinajstić information content (AvgIpc) is 2.58. The minimum atomic E-state index is -0.518. The predicted octanol–water partition coefficient (Wildman–Crippen LogP) is 2.99. The van der Waals surface area contributed by atoms with Gasteiger partial charge in [0.1, 0.15) is 17.8 Å². The molecule has 2 rings (SSSR count). The fourth-order valence-corrected chi connectivity index (χ4v) is 2.15. The van der Waals surface area contributed by atoms with Crippen LogP contribution >= 0.6 is 0 Å². The van der Waals surface area contributed by atoms with Crippen LogP contribution in [0.3, 0.4) is 0 Å². The topological polar surface area (TPSA) is 104 Å². The minimum Gasteiger partial charge on any atom is -0.507 e. The van der Waals surface area contributed by atoms with Gasteiger partial charge in [-0.05, 0) is 32.0 Å². The summed E-state index contributed by atoms with van der Waals surface area (Å²) in [5, 5.41) is 24.6. The number of benzene rings is 1. The molecule has 1 heterocycles. The number of hydrogen-bond donors (Lipinski definition) is 2. The van der Waals surface area contributed by atoms with Crippen LogP contribution in [-0.4, -0.2) is 34.3 Å². The Balaban J connectivity index is 2.05. The Morgan fingerprint density at radius 1 is 1.33 bits per heavy atom. The highest BCUT2D eigenvalue weighted by atomic mass is 16.6. The molecule has 8 nitrogen and oxygen atoms in total. The molecule has 0 atom stereocenters. The van der Waals surface area contributed by atoms with Crippen LogP contribution in [-0.2, 0) is 0 Å². The van der Waals surface area contributed by atoms with Crippen molar-refractivity contribution in [1.82, 2.24) is 4.98 Å². The standard InChI is InChI=1S/C16H19N5O3/c1-3-20(4-2)13-6-5-12(15(22)9-13)10-18-19-16-8-7-14(11-17-16)21(23)24/h5-11,22H,3-4H2,1-2H3,(H,17,19)/b18-10+. The predicted molar refractivity (Wildman–Crippen MR) is 93.8 cm³/mol. The number of phenolic OH excluding ortho intramolecular Hbond substituents is 1. The lowest BCUT2D eigenvalue weighted by Gasteiger charge is -2.21. The number of aromatic hydroxyl groups is 1. The van der Waals surface area contributed by atoms with E-state index in [1.807, 2.05) is 6.07 Å². The Kier molecular flexibility index (Phi) is 5.67. The van der Waals surface area contributed by atoms with E-state index in [4.69, 9.17) is 0 Å². The summed E-state index contributed by atoms with van der Waals surface area (Å²) in [5.41, 5.74) is 4.07. The first-order chi connectivity index (χ1) is 11.5. The van der Waals surface area contributed by atoms with Gasteiger partial charge in [-0.25, -0.2) is 4.98 Å². The molecule has 0 fully saturated rings. The molecule has 24 heavy (non-hydrogen) atoms. The maximum atomic E-state index is 10.6. The van der Waals surface area contributed by atoms with Crippen LogP contribution in [0, 0.1) is 10.1 Å². The second-order valence-electron chi connectivity index (χ2n) is 4.94. The number of hydrazone groups is 1. The van der Waals surface area contributed by atoms with Crippen molar-refractivity contribution >= 4 is 23.4 Å². The molecule has 8 heteroatoms. The number of phenols is 1. The maximum Gasteiger partial charge on any atom is 0.287 e. The van der Waals surface area contributed by atoms with Gasteiger partial charge in [0.15, 0.2) is 0 Å². The highest BCUT2D eigenvalue weighted by molar-refractivity contribution is 5.84. The third kappa shape index (κ3) is 4.19. The van der Waals surface area contributed by atoms with Crippen LogP contribution in [0.4, 0.5) is 17.2 Å². The fraction of sp³-hybridized carbons (Fsp3) is 0.250. The quantitative estimate of drug-likeness (QED) is 0.460. The second-order valence-corrected chi connectivity index (χ2v) is 4.94. The zero-order valence-electron chi connectivity index (χ0n) is 13.5. The van der Waals surface area contributed by atoms with Gasteiger partial charge in [-0.1, -0.05) is 0 Å². The molecule has 0 saturated carbocycles. The number of aromatic nitrogens is 1. The molecule has 0 spiro atoms. The van der Waals surface area contributed by atoms with E-state index >= 15 is 0 Å². The highest BCUT2D eigenvalue weighted by Crippen LogP contribution is 2.23. The molecule has 0 aliphatic heterocycles. The van der Waals surface area contributed by atoms with Gasteiger partial charge in [0.05, 0.1) is 11.1 Å². The molecule has 0 amide bonds. The SMILES string of the molecule is CCN(CC)c1ccc(/C=N/Nc2ccc([N+](=O)[O-])cn2)c(O)c1. The van der Waals surface area contributed by atoms with Gasteiger partial charge in [-0.2, -0.15) is 5.10 Å². The first-order valence-electron chi connectivity index (χ1n) is 7.52. The molecular weight excluding hydrogens is 310 g/mol. The number of hydrogen-bond acceptors (Lipinski definition) is 7. The lowest BCUT2D eigenvalue weighted by molar-refractivity contribution is -0.385. The largest absolute Gasteiger partial charge is 0.507 e. The summed E-state index contributed by atoms with van der Waals surface area (Å²) in [6.07, 6.45) is 2.61. The normalized spacial score (nSPS) is 10.8. The van der Waals surface area contributed by atoms with Crippen LogP contribution in [0.5, 0.6) is 5.75 Å². The molecule has 0 saturated heterocycles. The lowest BCUT2D eigenvalue weighted by Crippen LogP contribution is -2.21.